The highest BCUT2D eigenvalue weighted by molar-refractivity contribution is 7.89. The van der Waals surface area contributed by atoms with Crippen molar-refractivity contribution in [3.8, 4) is 0 Å². The zero-order valence-corrected chi connectivity index (χ0v) is 13.6. The molecule has 1 aromatic rings. The van der Waals surface area contributed by atoms with Gasteiger partial charge in [-0.1, -0.05) is 13.3 Å². The van der Waals surface area contributed by atoms with Crippen molar-refractivity contribution in [2.24, 2.45) is 0 Å². The number of aromatic carboxylic acids is 1. The van der Waals surface area contributed by atoms with E-state index in [9.17, 15) is 13.2 Å². The van der Waals surface area contributed by atoms with Gasteiger partial charge in [-0.05, 0) is 19.3 Å². The second kappa shape index (κ2) is 6.85. The summed E-state index contributed by atoms with van der Waals surface area (Å²) in [6.45, 7) is 2.97. The summed E-state index contributed by atoms with van der Waals surface area (Å²) in [5, 5.41) is 11.2. The number of rotatable bonds is 6. The van der Waals surface area contributed by atoms with Crippen LogP contribution in [0.15, 0.2) is 5.38 Å². The molecule has 1 aromatic heterocycles. The molecular formula is C13H20N2O4S2. The summed E-state index contributed by atoms with van der Waals surface area (Å²) in [5.74, 6) is -0.632. The zero-order chi connectivity index (χ0) is 15.5. The molecule has 2 heterocycles. The van der Waals surface area contributed by atoms with E-state index in [4.69, 9.17) is 5.11 Å². The molecule has 6 nitrogen and oxygen atoms in total. The van der Waals surface area contributed by atoms with E-state index in [1.165, 1.54) is 11.3 Å². The summed E-state index contributed by atoms with van der Waals surface area (Å²) in [4.78, 5) is 15.0. The summed E-state index contributed by atoms with van der Waals surface area (Å²) >= 11 is 1.35. The molecule has 1 aliphatic heterocycles. The largest absolute Gasteiger partial charge is 0.476 e. The van der Waals surface area contributed by atoms with Crippen molar-refractivity contribution in [1.29, 1.82) is 0 Å². The van der Waals surface area contributed by atoms with Crippen LogP contribution < -0.4 is 0 Å². The third-order valence-electron chi connectivity index (χ3n) is 3.69. The molecule has 0 saturated carbocycles. The first-order chi connectivity index (χ1) is 9.94. The number of unbranched alkanes of at least 4 members (excludes halogenated alkanes) is 1. The lowest BCUT2D eigenvalue weighted by molar-refractivity contribution is 0.0691. The topological polar surface area (TPSA) is 87.6 Å². The van der Waals surface area contributed by atoms with Gasteiger partial charge in [-0.15, -0.1) is 11.3 Å². The van der Waals surface area contributed by atoms with Crippen molar-refractivity contribution < 1.29 is 18.3 Å². The molecule has 1 saturated heterocycles. The van der Waals surface area contributed by atoms with Gasteiger partial charge in [-0.3, -0.25) is 0 Å². The van der Waals surface area contributed by atoms with E-state index in [-0.39, 0.29) is 17.4 Å². The number of aromatic nitrogens is 1. The van der Waals surface area contributed by atoms with E-state index in [0.717, 1.165) is 11.4 Å². The van der Waals surface area contributed by atoms with Gasteiger partial charge in [-0.25, -0.2) is 22.5 Å². The normalized spacial score (nSPS) is 18.0. The van der Waals surface area contributed by atoms with Crippen LogP contribution in [0.5, 0.6) is 0 Å². The molecule has 0 bridgehead atoms. The van der Waals surface area contributed by atoms with Crippen molar-refractivity contribution in [2.75, 3.05) is 18.8 Å². The minimum atomic E-state index is -3.14. The molecule has 2 rings (SSSR count). The summed E-state index contributed by atoms with van der Waals surface area (Å²) in [7, 11) is -3.14. The summed E-state index contributed by atoms with van der Waals surface area (Å²) in [6.07, 6.45) is 2.97. The van der Waals surface area contributed by atoms with Crippen molar-refractivity contribution in [3.05, 3.63) is 16.1 Å². The Morgan fingerprint density at radius 1 is 1.48 bits per heavy atom. The number of piperidine rings is 1. The summed E-state index contributed by atoms with van der Waals surface area (Å²) in [5.41, 5.74) is 0.0768. The molecule has 0 atom stereocenters. The van der Waals surface area contributed by atoms with Crippen LogP contribution in [0.1, 0.15) is 54.0 Å². The molecular weight excluding hydrogens is 312 g/mol. The molecule has 0 spiro atoms. The first-order valence-electron chi connectivity index (χ1n) is 7.10. The molecule has 1 fully saturated rings. The molecule has 1 aliphatic rings. The van der Waals surface area contributed by atoms with Crippen molar-refractivity contribution in [1.82, 2.24) is 9.29 Å². The maximum atomic E-state index is 12.1. The number of carbonyl (C=O) groups is 1. The van der Waals surface area contributed by atoms with Crippen LogP contribution in [0.3, 0.4) is 0 Å². The minimum Gasteiger partial charge on any atom is -0.476 e. The van der Waals surface area contributed by atoms with Gasteiger partial charge in [-0.2, -0.15) is 0 Å². The second-order valence-electron chi connectivity index (χ2n) is 5.22. The molecule has 0 radical (unpaired) electrons. The van der Waals surface area contributed by atoms with E-state index in [2.05, 4.69) is 4.98 Å². The Hall–Kier alpha value is -0.990. The molecule has 8 heteroatoms. The number of sulfonamides is 1. The van der Waals surface area contributed by atoms with Crippen LogP contribution in [0.25, 0.3) is 0 Å². The Bertz CT molecular complexity index is 589. The summed E-state index contributed by atoms with van der Waals surface area (Å²) in [6, 6.07) is 0. The van der Waals surface area contributed by atoms with Gasteiger partial charge in [0, 0.05) is 24.4 Å². The van der Waals surface area contributed by atoms with Crippen LogP contribution in [0.4, 0.5) is 0 Å². The number of hydrogen-bond acceptors (Lipinski definition) is 5. The first kappa shape index (κ1) is 16.4. The fourth-order valence-electron chi connectivity index (χ4n) is 2.41. The van der Waals surface area contributed by atoms with Gasteiger partial charge >= 0.3 is 5.97 Å². The van der Waals surface area contributed by atoms with Gasteiger partial charge in [0.15, 0.2) is 5.69 Å². The van der Waals surface area contributed by atoms with Crippen LogP contribution in [-0.2, 0) is 10.0 Å². The number of carboxylic acid groups (broad SMARTS) is 1. The molecule has 0 unspecified atom stereocenters. The van der Waals surface area contributed by atoms with E-state index in [1.807, 2.05) is 6.92 Å². The number of thiazole rings is 1. The summed E-state index contributed by atoms with van der Waals surface area (Å²) < 4.78 is 25.8. The fraction of sp³-hybridized carbons (Fsp3) is 0.692. The Labute approximate surface area is 128 Å². The quantitative estimate of drug-likeness (QED) is 0.862. The minimum absolute atomic E-state index is 0.0768. The highest BCUT2D eigenvalue weighted by Gasteiger charge is 2.29. The van der Waals surface area contributed by atoms with Crippen molar-refractivity contribution in [3.63, 3.8) is 0 Å². The average molecular weight is 332 g/mol. The van der Waals surface area contributed by atoms with E-state index in [0.29, 0.717) is 32.4 Å². The van der Waals surface area contributed by atoms with E-state index >= 15 is 0 Å². The van der Waals surface area contributed by atoms with Crippen molar-refractivity contribution >= 4 is 27.3 Å². The molecule has 21 heavy (non-hydrogen) atoms. The predicted octanol–water partition coefficient (Wildman–Crippen LogP) is 2.15. The first-order valence-corrected chi connectivity index (χ1v) is 9.59. The van der Waals surface area contributed by atoms with Gasteiger partial charge in [0.05, 0.1) is 10.8 Å². The second-order valence-corrected chi connectivity index (χ2v) is 8.20. The number of hydrogen-bond donors (Lipinski definition) is 1. The van der Waals surface area contributed by atoms with E-state index in [1.54, 1.807) is 9.69 Å². The average Bonchev–Trinajstić information content (AvgIpc) is 2.95. The molecule has 0 aromatic carbocycles. The fourth-order valence-corrected chi connectivity index (χ4v) is 5.05. The van der Waals surface area contributed by atoms with Gasteiger partial charge in [0.25, 0.3) is 0 Å². The van der Waals surface area contributed by atoms with Crippen LogP contribution >= 0.6 is 11.3 Å². The lowest BCUT2D eigenvalue weighted by Crippen LogP contribution is -2.39. The van der Waals surface area contributed by atoms with Crippen LogP contribution in [0, 0.1) is 0 Å². The lowest BCUT2D eigenvalue weighted by Gasteiger charge is -2.30. The third kappa shape index (κ3) is 4.02. The smallest absolute Gasteiger partial charge is 0.355 e. The van der Waals surface area contributed by atoms with Gasteiger partial charge in [0.1, 0.15) is 0 Å². The number of nitrogens with zero attached hydrogens (tertiary/aromatic N) is 2. The Balaban J connectivity index is 1.95. The molecule has 118 valence electrons. The molecule has 0 amide bonds. The van der Waals surface area contributed by atoms with Crippen molar-refractivity contribution in [2.45, 2.75) is 38.5 Å². The highest BCUT2D eigenvalue weighted by atomic mass is 32.2. The Morgan fingerprint density at radius 3 is 2.67 bits per heavy atom. The van der Waals surface area contributed by atoms with E-state index < -0.39 is 16.0 Å². The molecule has 0 aliphatic carbocycles. The van der Waals surface area contributed by atoms with Crippen LogP contribution in [0.2, 0.25) is 0 Å². The predicted molar refractivity (Wildman–Crippen MR) is 81.3 cm³/mol. The standard InChI is InChI=1S/C13H20N2O4S2/c1-2-3-8-21(18,19)15-6-4-10(5-7-15)12-14-11(9-20-12)13(16)17/h9-10H,2-8H2,1H3,(H,16,17). The highest BCUT2D eigenvalue weighted by Crippen LogP contribution is 2.31. The van der Waals surface area contributed by atoms with Gasteiger partial charge < -0.3 is 5.11 Å². The lowest BCUT2D eigenvalue weighted by atomic mass is 9.99. The monoisotopic (exact) mass is 332 g/mol. The third-order valence-corrected chi connectivity index (χ3v) is 6.66. The maximum absolute atomic E-state index is 12.1. The van der Waals surface area contributed by atoms with Crippen LogP contribution in [-0.4, -0.2) is 47.6 Å². The maximum Gasteiger partial charge on any atom is 0.355 e. The Morgan fingerprint density at radius 2 is 2.14 bits per heavy atom. The number of carboxylic acids is 1. The SMILES string of the molecule is CCCCS(=O)(=O)N1CCC(c2nc(C(=O)O)cs2)CC1. The van der Waals surface area contributed by atoms with Gasteiger partial charge in [0.2, 0.25) is 10.0 Å². The molecule has 1 N–H and O–H groups in total. The zero-order valence-electron chi connectivity index (χ0n) is 12.0. The Kier molecular flexibility index (Phi) is 5.34.